The van der Waals surface area contributed by atoms with Crippen LogP contribution in [-0.4, -0.2) is 21.4 Å². The predicted octanol–water partition coefficient (Wildman–Crippen LogP) is 0.513. The van der Waals surface area contributed by atoms with Gasteiger partial charge in [-0.1, -0.05) is 23.4 Å². The molecule has 2 rings (SSSR count). The van der Waals surface area contributed by atoms with Crippen LogP contribution in [0.4, 0.5) is 0 Å². The summed E-state index contributed by atoms with van der Waals surface area (Å²) in [4.78, 5) is 10.1. The minimum atomic E-state index is 0.399. The Morgan fingerprint density at radius 1 is 1.33 bits per heavy atom. The molecule has 0 unspecified atom stereocenters. The maximum Gasteiger partial charge on any atom is 0.207 e. The number of nitrogens with one attached hydrogen (secondary N) is 1. The first-order chi connectivity index (χ1) is 7.40. The van der Waals surface area contributed by atoms with Gasteiger partial charge >= 0.3 is 0 Å². The second-order valence-corrected chi connectivity index (χ2v) is 2.99. The first-order valence-corrected chi connectivity index (χ1v) is 4.54. The third-order valence-electron chi connectivity index (χ3n) is 1.93. The van der Waals surface area contributed by atoms with Crippen molar-refractivity contribution in [3.8, 4) is 5.69 Å². The lowest BCUT2D eigenvalue weighted by Gasteiger charge is -1.97. The van der Waals surface area contributed by atoms with Crippen molar-refractivity contribution in [1.29, 1.82) is 0 Å². The van der Waals surface area contributed by atoms with E-state index >= 15 is 0 Å². The largest absolute Gasteiger partial charge is 0.353 e. The monoisotopic (exact) mass is 202 g/mol. The van der Waals surface area contributed by atoms with Crippen LogP contribution in [0, 0.1) is 0 Å². The number of amides is 1. The predicted molar refractivity (Wildman–Crippen MR) is 54.3 cm³/mol. The maximum atomic E-state index is 10.1. The number of rotatable bonds is 4. The van der Waals surface area contributed by atoms with Gasteiger partial charge in [-0.25, -0.2) is 4.68 Å². The van der Waals surface area contributed by atoms with Crippen molar-refractivity contribution in [2.75, 3.05) is 0 Å². The number of para-hydroxylation sites is 1. The van der Waals surface area contributed by atoms with Gasteiger partial charge in [-0.15, -0.1) is 5.10 Å². The van der Waals surface area contributed by atoms with Gasteiger partial charge < -0.3 is 5.32 Å². The van der Waals surface area contributed by atoms with E-state index in [1.807, 2.05) is 30.3 Å². The highest BCUT2D eigenvalue weighted by Gasteiger charge is 2.00. The van der Waals surface area contributed by atoms with Crippen LogP contribution >= 0.6 is 0 Å². The smallest absolute Gasteiger partial charge is 0.207 e. The Bertz CT molecular complexity index is 438. The lowest BCUT2D eigenvalue weighted by Crippen LogP contribution is -2.09. The van der Waals surface area contributed by atoms with Crippen LogP contribution in [0.5, 0.6) is 0 Å². The topological polar surface area (TPSA) is 59.8 Å². The molecular weight excluding hydrogens is 192 g/mol. The van der Waals surface area contributed by atoms with Crippen LogP contribution in [-0.2, 0) is 11.3 Å². The Morgan fingerprint density at radius 3 is 2.87 bits per heavy atom. The molecule has 1 aromatic heterocycles. The Labute approximate surface area is 86.7 Å². The van der Waals surface area contributed by atoms with E-state index in [2.05, 4.69) is 15.6 Å². The van der Waals surface area contributed by atoms with Crippen LogP contribution in [0.15, 0.2) is 36.5 Å². The minimum Gasteiger partial charge on any atom is -0.353 e. The minimum absolute atomic E-state index is 0.399. The number of hydrogen-bond acceptors (Lipinski definition) is 3. The van der Waals surface area contributed by atoms with E-state index in [1.54, 1.807) is 10.9 Å². The Morgan fingerprint density at radius 2 is 2.13 bits per heavy atom. The Balaban J connectivity index is 2.17. The second-order valence-electron chi connectivity index (χ2n) is 2.99. The average molecular weight is 202 g/mol. The Hall–Kier alpha value is -2.17. The molecule has 2 aromatic rings. The van der Waals surface area contributed by atoms with Gasteiger partial charge in [0.2, 0.25) is 6.41 Å². The first-order valence-electron chi connectivity index (χ1n) is 4.54. The van der Waals surface area contributed by atoms with Gasteiger partial charge in [-0.05, 0) is 12.1 Å². The zero-order valence-corrected chi connectivity index (χ0v) is 8.00. The van der Waals surface area contributed by atoms with Gasteiger partial charge in [0.15, 0.2) is 0 Å². The molecule has 5 nitrogen and oxygen atoms in total. The van der Waals surface area contributed by atoms with Crippen LogP contribution in [0.25, 0.3) is 5.69 Å². The van der Waals surface area contributed by atoms with E-state index in [0.717, 1.165) is 11.4 Å². The van der Waals surface area contributed by atoms with Crippen LogP contribution < -0.4 is 5.32 Å². The summed E-state index contributed by atoms with van der Waals surface area (Å²) in [6.45, 7) is 0.399. The summed E-state index contributed by atoms with van der Waals surface area (Å²) in [6.07, 6.45) is 2.42. The first kappa shape index (κ1) is 9.39. The summed E-state index contributed by atoms with van der Waals surface area (Å²) in [5.41, 5.74) is 1.67. The van der Waals surface area contributed by atoms with Crippen molar-refractivity contribution in [2.24, 2.45) is 0 Å². The molecule has 0 fully saturated rings. The quantitative estimate of drug-likeness (QED) is 0.735. The van der Waals surface area contributed by atoms with E-state index < -0.39 is 0 Å². The van der Waals surface area contributed by atoms with E-state index in [-0.39, 0.29) is 0 Å². The van der Waals surface area contributed by atoms with E-state index in [9.17, 15) is 4.79 Å². The number of carbonyl (C=O) groups is 1. The normalized spacial score (nSPS) is 9.87. The third-order valence-corrected chi connectivity index (χ3v) is 1.93. The van der Waals surface area contributed by atoms with E-state index in [4.69, 9.17) is 0 Å². The summed E-state index contributed by atoms with van der Waals surface area (Å²) in [5, 5.41) is 10.4. The summed E-state index contributed by atoms with van der Waals surface area (Å²) in [5.74, 6) is 0. The SMILES string of the molecule is O=CNCc1cn(-c2ccccc2)nn1. The molecule has 0 bridgehead atoms. The molecule has 0 aliphatic heterocycles. The molecule has 0 atom stereocenters. The highest BCUT2D eigenvalue weighted by molar-refractivity contribution is 5.45. The van der Waals surface area contributed by atoms with Gasteiger partial charge in [0, 0.05) is 0 Å². The van der Waals surface area contributed by atoms with Gasteiger partial charge in [0.25, 0.3) is 0 Å². The molecule has 0 spiro atoms. The van der Waals surface area contributed by atoms with Crippen molar-refractivity contribution in [2.45, 2.75) is 6.54 Å². The fraction of sp³-hybridized carbons (Fsp3) is 0.100. The van der Waals surface area contributed by atoms with Crippen molar-refractivity contribution >= 4 is 6.41 Å². The molecule has 1 heterocycles. The molecule has 1 aromatic carbocycles. The number of carbonyl (C=O) groups excluding carboxylic acids is 1. The summed E-state index contributed by atoms with van der Waals surface area (Å²) < 4.78 is 1.67. The Kier molecular flexibility index (Phi) is 2.73. The third kappa shape index (κ3) is 2.19. The zero-order chi connectivity index (χ0) is 10.5. The van der Waals surface area contributed by atoms with Crippen molar-refractivity contribution < 1.29 is 4.79 Å². The molecule has 1 amide bonds. The van der Waals surface area contributed by atoms with Crippen LogP contribution in [0.1, 0.15) is 5.69 Å². The molecule has 0 aliphatic carbocycles. The van der Waals surface area contributed by atoms with E-state index in [1.165, 1.54) is 0 Å². The lowest BCUT2D eigenvalue weighted by molar-refractivity contribution is -0.109. The molecular formula is C10H10N4O. The number of hydrogen-bond donors (Lipinski definition) is 1. The van der Waals surface area contributed by atoms with Crippen molar-refractivity contribution in [3.05, 3.63) is 42.2 Å². The van der Waals surface area contributed by atoms with E-state index in [0.29, 0.717) is 13.0 Å². The molecule has 0 aliphatic rings. The number of benzene rings is 1. The average Bonchev–Trinajstić information content (AvgIpc) is 2.76. The molecule has 76 valence electrons. The molecule has 5 heteroatoms. The number of nitrogens with zero attached hydrogens (tertiary/aromatic N) is 3. The fourth-order valence-electron chi connectivity index (χ4n) is 1.23. The molecule has 1 N–H and O–H groups in total. The van der Waals surface area contributed by atoms with Gasteiger partial charge in [0.1, 0.15) is 5.69 Å². The standard InChI is InChI=1S/C10H10N4O/c15-8-11-6-9-7-14(13-12-9)10-4-2-1-3-5-10/h1-5,7-8H,6H2,(H,11,15). The summed E-state index contributed by atoms with van der Waals surface area (Å²) in [7, 11) is 0. The van der Waals surface area contributed by atoms with Gasteiger partial charge in [-0.2, -0.15) is 0 Å². The highest BCUT2D eigenvalue weighted by Crippen LogP contribution is 2.05. The second kappa shape index (κ2) is 4.36. The van der Waals surface area contributed by atoms with Crippen LogP contribution in [0.2, 0.25) is 0 Å². The highest BCUT2D eigenvalue weighted by atomic mass is 16.1. The zero-order valence-electron chi connectivity index (χ0n) is 8.00. The van der Waals surface area contributed by atoms with Crippen molar-refractivity contribution in [1.82, 2.24) is 20.3 Å². The fourth-order valence-corrected chi connectivity index (χ4v) is 1.23. The lowest BCUT2D eigenvalue weighted by atomic mass is 10.3. The van der Waals surface area contributed by atoms with Crippen LogP contribution in [0.3, 0.4) is 0 Å². The molecule has 0 saturated carbocycles. The van der Waals surface area contributed by atoms with Gasteiger partial charge in [0.05, 0.1) is 18.4 Å². The van der Waals surface area contributed by atoms with Gasteiger partial charge in [-0.3, -0.25) is 4.79 Å². The van der Waals surface area contributed by atoms with Crippen molar-refractivity contribution in [3.63, 3.8) is 0 Å². The summed E-state index contributed by atoms with van der Waals surface area (Å²) >= 11 is 0. The number of aromatic nitrogens is 3. The summed E-state index contributed by atoms with van der Waals surface area (Å²) in [6, 6.07) is 9.67. The molecule has 15 heavy (non-hydrogen) atoms. The molecule has 0 radical (unpaired) electrons. The molecule has 0 saturated heterocycles. The maximum absolute atomic E-state index is 10.1.